The van der Waals surface area contributed by atoms with Gasteiger partial charge in [-0.25, -0.2) is 19.0 Å². The summed E-state index contributed by atoms with van der Waals surface area (Å²) < 4.78 is 4.48. The minimum absolute atomic E-state index is 0.143. The zero-order valence-corrected chi connectivity index (χ0v) is 20.9. The third-order valence-corrected chi connectivity index (χ3v) is 7.04. The van der Waals surface area contributed by atoms with Gasteiger partial charge in [-0.05, 0) is 44.2 Å². The fraction of sp³-hybridized carbons (Fsp3) is 0.346. The Morgan fingerprint density at radius 2 is 1.89 bits per heavy atom. The number of hydrogen-bond donors (Lipinski definition) is 2. The topological polar surface area (TPSA) is 115 Å². The molecule has 0 radical (unpaired) electrons. The molecule has 5 heterocycles. The van der Waals surface area contributed by atoms with Gasteiger partial charge in [0, 0.05) is 55.2 Å². The lowest BCUT2D eigenvalue weighted by Gasteiger charge is -2.57. The number of benzene rings is 1. The summed E-state index contributed by atoms with van der Waals surface area (Å²) in [6.45, 7) is 12.2. The Morgan fingerprint density at radius 3 is 2.54 bits per heavy atom. The van der Waals surface area contributed by atoms with Gasteiger partial charge in [0.05, 0.1) is 12.6 Å². The quantitative estimate of drug-likeness (QED) is 0.372. The first-order valence-electron chi connectivity index (χ1n) is 12.4. The second-order valence-electron chi connectivity index (χ2n) is 10.1. The van der Waals surface area contributed by atoms with Crippen LogP contribution < -0.4 is 26.7 Å². The van der Waals surface area contributed by atoms with E-state index in [4.69, 9.17) is 0 Å². The van der Waals surface area contributed by atoms with Crippen LogP contribution in [0.1, 0.15) is 19.9 Å². The first-order valence-corrected chi connectivity index (χ1v) is 12.4. The monoisotopic (exact) mass is 499 g/mol. The summed E-state index contributed by atoms with van der Waals surface area (Å²) in [5.41, 5.74) is 2.42. The van der Waals surface area contributed by atoms with Crippen molar-refractivity contribution in [2.24, 2.45) is 5.41 Å². The van der Waals surface area contributed by atoms with Crippen LogP contribution in [0, 0.1) is 5.41 Å². The van der Waals surface area contributed by atoms with E-state index in [1.165, 1.54) is 27.3 Å². The van der Waals surface area contributed by atoms with E-state index in [1.807, 2.05) is 26.0 Å². The zero-order valence-electron chi connectivity index (χ0n) is 20.9. The molecule has 0 amide bonds. The predicted molar refractivity (Wildman–Crippen MR) is 143 cm³/mol. The van der Waals surface area contributed by atoms with Crippen molar-refractivity contribution in [1.82, 2.24) is 34.4 Å². The Balaban J connectivity index is 1.34. The molecule has 2 saturated heterocycles. The van der Waals surface area contributed by atoms with E-state index in [1.54, 1.807) is 16.8 Å². The highest BCUT2D eigenvalue weighted by molar-refractivity contribution is 5.77. The number of rotatable bonds is 7. The van der Waals surface area contributed by atoms with E-state index >= 15 is 0 Å². The maximum atomic E-state index is 13.2. The first kappa shape index (κ1) is 23.2. The van der Waals surface area contributed by atoms with Crippen LogP contribution in [0.4, 0.5) is 17.3 Å². The standard InChI is InChI=1S/C26H29N9O2/c1-4-11-33-24(37)20-12-28-25(30-23(20)35(33)21-9-10-22(36)34(31-21)17(2)3)29-18-5-7-19(8-6-18)32-15-26(16-32)13-27-14-26/h4-10,12,17,27H,1,11,13-16H2,2-3H3,(H,28,29,30). The molecular formula is C26H29N9O2. The molecule has 2 aliphatic rings. The van der Waals surface area contributed by atoms with Crippen LogP contribution in [0.3, 0.4) is 0 Å². The third kappa shape index (κ3) is 3.91. The molecule has 190 valence electrons. The summed E-state index contributed by atoms with van der Waals surface area (Å²) in [5, 5.41) is 11.5. The van der Waals surface area contributed by atoms with Gasteiger partial charge in [0.2, 0.25) is 5.95 Å². The number of fused-ring (bicyclic) bond motifs is 1. The van der Waals surface area contributed by atoms with E-state index < -0.39 is 0 Å². The minimum atomic E-state index is -0.260. The number of aromatic nitrogens is 6. The van der Waals surface area contributed by atoms with Gasteiger partial charge in [0.1, 0.15) is 5.39 Å². The number of allylic oxidation sites excluding steroid dienone is 1. The first-order chi connectivity index (χ1) is 17.9. The molecule has 0 atom stereocenters. The molecule has 1 aromatic carbocycles. The molecule has 11 heteroatoms. The van der Waals surface area contributed by atoms with Gasteiger partial charge in [-0.1, -0.05) is 6.08 Å². The molecule has 2 N–H and O–H groups in total. The van der Waals surface area contributed by atoms with Gasteiger partial charge in [0.25, 0.3) is 11.1 Å². The lowest BCUT2D eigenvalue weighted by molar-refractivity contribution is 0.121. The Labute approximate surface area is 213 Å². The number of nitrogens with zero attached hydrogens (tertiary/aromatic N) is 7. The normalized spacial score (nSPS) is 16.1. The molecule has 4 aromatic rings. The average Bonchev–Trinajstić information content (AvgIpc) is 3.10. The van der Waals surface area contributed by atoms with Crippen LogP contribution in [0.5, 0.6) is 0 Å². The van der Waals surface area contributed by atoms with Crippen LogP contribution in [0.15, 0.2) is 64.8 Å². The molecule has 0 unspecified atom stereocenters. The summed E-state index contributed by atoms with van der Waals surface area (Å²) in [7, 11) is 0. The highest BCUT2D eigenvalue weighted by Crippen LogP contribution is 2.37. The van der Waals surface area contributed by atoms with Crippen LogP contribution in [-0.2, 0) is 6.54 Å². The maximum absolute atomic E-state index is 13.2. The van der Waals surface area contributed by atoms with Crippen LogP contribution >= 0.6 is 0 Å². The van der Waals surface area contributed by atoms with Crippen molar-refractivity contribution in [3.63, 3.8) is 0 Å². The molecule has 3 aromatic heterocycles. The van der Waals surface area contributed by atoms with E-state index in [2.05, 4.69) is 49.3 Å². The van der Waals surface area contributed by atoms with E-state index in [0.29, 0.717) is 28.2 Å². The summed E-state index contributed by atoms with van der Waals surface area (Å²) in [6, 6.07) is 11.1. The van der Waals surface area contributed by atoms with Gasteiger partial charge in [-0.3, -0.25) is 9.59 Å². The van der Waals surface area contributed by atoms with E-state index in [9.17, 15) is 9.59 Å². The molecule has 2 aliphatic heterocycles. The van der Waals surface area contributed by atoms with Crippen molar-refractivity contribution in [2.45, 2.75) is 26.4 Å². The Bertz CT molecular complexity index is 1600. The zero-order chi connectivity index (χ0) is 25.7. The molecule has 1 spiro atoms. The fourth-order valence-corrected chi connectivity index (χ4v) is 5.04. The van der Waals surface area contributed by atoms with Gasteiger partial charge in [-0.15, -0.1) is 11.7 Å². The van der Waals surface area contributed by atoms with Crippen molar-refractivity contribution in [2.75, 3.05) is 36.4 Å². The Hall–Kier alpha value is -4.25. The Kier molecular flexibility index (Phi) is 5.45. The predicted octanol–water partition coefficient (Wildman–Crippen LogP) is 2.06. The lowest BCUT2D eigenvalue weighted by Crippen LogP contribution is -2.71. The van der Waals surface area contributed by atoms with Crippen LogP contribution in [0.25, 0.3) is 16.9 Å². The average molecular weight is 500 g/mol. The number of hydrogen-bond acceptors (Lipinski definition) is 8. The van der Waals surface area contributed by atoms with Crippen molar-refractivity contribution in [3.8, 4) is 5.82 Å². The highest BCUT2D eigenvalue weighted by atomic mass is 16.1. The van der Waals surface area contributed by atoms with Crippen LogP contribution in [0.2, 0.25) is 0 Å². The number of anilines is 3. The Morgan fingerprint density at radius 1 is 1.14 bits per heavy atom. The van der Waals surface area contributed by atoms with Crippen molar-refractivity contribution in [3.05, 3.63) is 76.0 Å². The van der Waals surface area contributed by atoms with E-state index in [0.717, 1.165) is 31.9 Å². The molecule has 37 heavy (non-hydrogen) atoms. The molecule has 11 nitrogen and oxygen atoms in total. The molecule has 6 rings (SSSR count). The van der Waals surface area contributed by atoms with Crippen molar-refractivity contribution in [1.29, 1.82) is 0 Å². The van der Waals surface area contributed by atoms with Crippen molar-refractivity contribution >= 4 is 28.4 Å². The second kappa shape index (κ2) is 8.70. The molecular weight excluding hydrogens is 470 g/mol. The third-order valence-electron chi connectivity index (χ3n) is 7.04. The molecule has 0 bridgehead atoms. The summed E-state index contributed by atoms with van der Waals surface area (Å²) in [6.07, 6.45) is 3.15. The molecule has 2 fully saturated rings. The largest absolute Gasteiger partial charge is 0.370 e. The maximum Gasteiger partial charge on any atom is 0.278 e. The number of nitrogens with one attached hydrogen (secondary N) is 2. The summed E-state index contributed by atoms with van der Waals surface area (Å²) in [4.78, 5) is 36.9. The SMILES string of the molecule is C=CCn1c(=O)c2cnc(Nc3ccc(N4CC5(CNC5)C4)cc3)nc2n1-c1ccc(=O)n(C(C)C)n1. The lowest BCUT2D eigenvalue weighted by atomic mass is 9.74. The minimum Gasteiger partial charge on any atom is -0.370 e. The van der Waals surface area contributed by atoms with Crippen molar-refractivity contribution < 1.29 is 0 Å². The van der Waals surface area contributed by atoms with Gasteiger partial charge >= 0.3 is 0 Å². The van der Waals surface area contributed by atoms with Gasteiger partial charge in [0.15, 0.2) is 11.5 Å². The smallest absolute Gasteiger partial charge is 0.278 e. The molecule has 0 aliphatic carbocycles. The fourth-order valence-electron chi connectivity index (χ4n) is 5.04. The van der Waals surface area contributed by atoms with E-state index in [-0.39, 0.29) is 23.7 Å². The second-order valence-corrected chi connectivity index (χ2v) is 10.1. The summed E-state index contributed by atoms with van der Waals surface area (Å²) in [5.74, 6) is 0.760. The highest BCUT2D eigenvalue weighted by Gasteiger charge is 2.47. The molecule has 0 saturated carbocycles. The van der Waals surface area contributed by atoms with Crippen LogP contribution in [-0.4, -0.2) is 55.3 Å². The summed E-state index contributed by atoms with van der Waals surface area (Å²) >= 11 is 0. The van der Waals surface area contributed by atoms with Gasteiger partial charge < -0.3 is 15.5 Å². The van der Waals surface area contributed by atoms with Gasteiger partial charge in [-0.2, -0.15) is 4.98 Å².